The van der Waals surface area contributed by atoms with E-state index in [4.69, 9.17) is 4.74 Å². The lowest BCUT2D eigenvalue weighted by Crippen LogP contribution is -2.58. The normalized spacial score (nSPS) is 15.0. The van der Waals surface area contributed by atoms with Crippen LogP contribution in [0.1, 0.15) is 19.5 Å². The molecule has 1 saturated heterocycles. The van der Waals surface area contributed by atoms with Crippen molar-refractivity contribution in [2.75, 3.05) is 44.3 Å². The average molecular weight is 462 g/mol. The summed E-state index contributed by atoms with van der Waals surface area (Å²) in [7, 11) is 0. The second-order valence-corrected chi connectivity index (χ2v) is 8.73. The molecule has 1 aliphatic rings. The number of nitrogens with zero attached hydrogens (tertiary/aromatic N) is 3. The molecule has 1 fully saturated rings. The Kier molecular flexibility index (Phi) is 7.40. The summed E-state index contributed by atoms with van der Waals surface area (Å²) >= 11 is 0. The van der Waals surface area contributed by atoms with Crippen LogP contribution in [0, 0.1) is 0 Å². The minimum absolute atomic E-state index is 0.0617. The molecule has 0 aliphatic carbocycles. The van der Waals surface area contributed by atoms with Gasteiger partial charge in [-0.05, 0) is 38.1 Å². The number of aromatic amines is 1. The van der Waals surface area contributed by atoms with Gasteiger partial charge in [-0.2, -0.15) is 5.10 Å². The van der Waals surface area contributed by atoms with E-state index in [1.165, 1.54) is 6.08 Å². The Morgan fingerprint density at radius 1 is 1.12 bits per heavy atom. The van der Waals surface area contributed by atoms with Gasteiger partial charge < -0.3 is 15.0 Å². The smallest absolute Gasteiger partial charge is 0.251 e. The second kappa shape index (κ2) is 10.6. The van der Waals surface area contributed by atoms with Crippen LogP contribution in [0.4, 0.5) is 5.69 Å². The molecule has 0 atom stereocenters. The Bertz CT molecular complexity index is 1150. The van der Waals surface area contributed by atoms with Gasteiger partial charge in [0.2, 0.25) is 5.91 Å². The van der Waals surface area contributed by atoms with Gasteiger partial charge in [-0.1, -0.05) is 36.4 Å². The van der Waals surface area contributed by atoms with Gasteiger partial charge in [-0.3, -0.25) is 19.6 Å². The van der Waals surface area contributed by atoms with E-state index in [0.29, 0.717) is 32.0 Å². The fourth-order valence-electron chi connectivity index (χ4n) is 4.09. The third-order valence-electron chi connectivity index (χ3n) is 6.20. The monoisotopic (exact) mass is 461 g/mol. The van der Waals surface area contributed by atoms with Gasteiger partial charge >= 0.3 is 0 Å². The van der Waals surface area contributed by atoms with Crippen LogP contribution in [0.25, 0.3) is 17.0 Å². The summed E-state index contributed by atoms with van der Waals surface area (Å²) in [6, 6.07) is 17.2. The number of fused-ring (bicyclic) bond motifs is 1. The Hall–Kier alpha value is -3.49. The summed E-state index contributed by atoms with van der Waals surface area (Å²) in [5.74, 6) is -0.242. The number of benzene rings is 2. The minimum atomic E-state index is -0.647. The summed E-state index contributed by atoms with van der Waals surface area (Å²) in [5, 5.41) is 11.2. The van der Waals surface area contributed by atoms with E-state index in [1.54, 1.807) is 11.0 Å². The summed E-state index contributed by atoms with van der Waals surface area (Å²) in [4.78, 5) is 29.9. The highest BCUT2D eigenvalue weighted by Crippen LogP contribution is 2.19. The Labute approximate surface area is 199 Å². The maximum Gasteiger partial charge on any atom is 0.251 e. The molecule has 2 aromatic carbocycles. The first-order chi connectivity index (χ1) is 16.5. The molecule has 2 amide bonds. The van der Waals surface area contributed by atoms with Gasteiger partial charge in [-0.25, -0.2) is 0 Å². The Balaban J connectivity index is 1.43. The average Bonchev–Trinajstić information content (AvgIpc) is 3.29. The van der Waals surface area contributed by atoms with Crippen LogP contribution in [0.3, 0.4) is 0 Å². The Morgan fingerprint density at radius 2 is 1.82 bits per heavy atom. The van der Waals surface area contributed by atoms with Gasteiger partial charge in [0.1, 0.15) is 0 Å². The molecule has 1 aliphatic heterocycles. The first-order valence-electron chi connectivity index (χ1n) is 11.6. The van der Waals surface area contributed by atoms with E-state index >= 15 is 0 Å². The highest BCUT2D eigenvalue weighted by atomic mass is 16.5. The van der Waals surface area contributed by atoms with Crippen LogP contribution in [0.5, 0.6) is 0 Å². The number of anilines is 1. The Morgan fingerprint density at radius 3 is 2.59 bits per heavy atom. The highest BCUT2D eigenvalue weighted by molar-refractivity contribution is 6.04. The van der Waals surface area contributed by atoms with Crippen molar-refractivity contribution >= 4 is 34.5 Å². The summed E-state index contributed by atoms with van der Waals surface area (Å²) < 4.78 is 5.41. The lowest BCUT2D eigenvalue weighted by molar-refractivity contribution is -0.134. The summed E-state index contributed by atoms with van der Waals surface area (Å²) in [6.45, 7) is 7.24. The topological polar surface area (TPSA) is 90.6 Å². The van der Waals surface area contributed by atoms with Gasteiger partial charge in [-0.15, -0.1) is 0 Å². The number of hydrogen-bond donors (Lipinski definition) is 2. The third kappa shape index (κ3) is 5.35. The molecule has 2 N–H and O–H groups in total. The lowest BCUT2D eigenvalue weighted by atomic mass is 10.0. The van der Waals surface area contributed by atoms with E-state index in [0.717, 1.165) is 29.7 Å². The van der Waals surface area contributed by atoms with Crippen molar-refractivity contribution in [2.24, 2.45) is 0 Å². The number of ether oxygens (including phenoxy) is 1. The first kappa shape index (κ1) is 23.7. The SMILES string of the molecule is CC(C)(C(=O)NCCN(C(=O)/C=C/c1n[nH]c2ccccc12)c1ccccc1)N1CCOCC1. The molecule has 8 heteroatoms. The zero-order valence-electron chi connectivity index (χ0n) is 19.7. The number of carbonyl (C=O) groups excluding carboxylic acids is 2. The van der Waals surface area contributed by atoms with Crippen LogP contribution in [-0.4, -0.2) is 71.8 Å². The van der Waals surface area contributed by atoms with Gasteiger partial charge in [0, 0.05) is 43.3 Å². The molecule has 2 heterocycles. The minimum Gasteiger partial charge on any atom is -0.379 e. The summed E-state index contributed by atoms with van der Waals surface area (Å²) in [5.41, 5.74) is 1.75. The number of amides is 2. The zero-order chi connectivity index (χ0) is 24.0. The molecule has 0 bridgehead atoms. The van der Waals surface area contributed by atoms with Gasteiger partial charge in [0.15, 0.2) is 0 Å². The van der Waals surface area contributed by atoms with Crippen molar-refractivity contribution in [1.29, 1.82) is 0 Å². The molecule has 0 saturated carbocycles. The van der Waals surface area contributed by atoms with Crippen LogP contribution >= 0.6 is 0 Å². The summed E-state index contributed by atoms with van der Waals surface area (Å²) in [6.07, 6.45) is 3.24. The predicted octanol–water partition coefficient (Wildman–Crippen LogP) is 2.84. The highest BCUT2D eigenvalue weighted by Gasteiger charge is 2.35. The number of H-pyrrole nitrogens is 1. The number of morpholine rings is 1. The third-order valence-corrected chi connectivity index (χ3v) is 6.20. The van der Waals surface area contributed by atoms with Gasteiger partial charge in [0.05, 0.1) is 30.0 Å². The number of para-hydroxylation sites is 2. The van der Waals surface area contributed by atoms with Crippen molar-refractivity contribution < 1.29 is 14.3 Å². The fraction of sp³-hybridized carbons (Fsp3) is 0.346. The van der Waals surface area contributed by atoms with Gasteiger partial charge in [0.25, 0.3) is 5.91 Å². The van der Waals surface area contributed by atoms with Crippen LogP contribution in [-0.2, 0) is 14.3 Å². The predicted molar refractivity (Wildman–Crippen MR) is 133 cm³/mol. The van der Waals surface area contributed by atoms with Crippen LogP contribution < -0.4 is 10.2 Å². The molecule has 0 radical (unpaired) electrons. The maximum atomic E-state index is 13.2. The van der Waals surface area contributed by atoms with Crippen molar-refractivity contribution in [1.82, 2.24) is 20.4 Å². The van der Waals surface area contributed by atoms with E-state index in [-0.39, 0.29) is 11.8 Å². The maximum absolute atomic E-state index is 13.2. The molecule has 4 rings (SSSR count). The lowest BCUT2D eigenvalue weighted by Gasteiger charge is -2.39. The molecule has 178 valence electrons. The number of nitrogens with one attached hydrogen (secondary N) is 2. The van der Waals surface area contributed by atoms with E-state index in [1.807, 2.05) is 68.4 Å². The van der Waals surface area contributed by atoms with Crippen molar-refractivity contribution in [3.05, 3.63) is 66.4 Å². The van der Waals surface area contributed by atoms with Crippen LogP contribution in [0.2, 0.25) is 0 Å². The van der Waals surface area contributed by atoms with Crippen molar-refractivity contribution in [2.45, 2.75) is 19.4 Å². The standard InChI is InChI=1S/C26H31N5O3/c1-26(2,30-16-18-34-19-17-30)25(33)27-14-15-31(20-8-4-3-5-9-20)24(32)13-12-23-21-10-6-7-11-22(21)28-29-23/h3-13H,14-19H2,1-2H3,(H,27,33)(H,28,29)/b13-12+. The molecule has 0 spiro atoms. The zero-order valence-corrected chi connectivity index (χ0v) is 19.7. The number of rotatable bonds is 8. The molecular weight excluding hydrogens is 430 g/mol. The largest absolute Gasteiger partial charge is 0.379 e. The molecular formula is C26H31N5O3. The molecule has 3 aromatic rings. The number of hydrogen-bond acceptors (Lipinski definition) is 5. The fourth-order valence-corrected chi connectivity index (χ4v) is 4.09. The molecule has 1 aromatic heterocycles. The van der Waals surface area contributed by atoms with E-state index < -0.39 is 5.54 Å². The number of carbonyl (C=O) groups is 2. The molecule has 8 nitrogen and oxygen atoms in total. The van der Waals surface area contributed by atoms with Crippen LogP contribution in [0.15, 0.2) is 60.7 Å². The van der Waals surface area contributed by atoms with E-state index in [2.05, 4.69) is 20.4 Å². The second-order valence-electron chi connectivity index (χ2n) is 8.73. The van der Waals surface area contributed by atoms with E-state index in [9.17, 15) is 9.59 Å². The first-order valence-corrected chi connectivity index (χ1v) is 11.6. The van der Waals surface area contributed by atoms with Crippen molar-refractivity contribution in [3.8, 4) is 0 Å². The number of aromatic nitrogens is 2. The quantitative estimate of drug-likeness (QED) is 0.504. The van der Waals surface area contributed by atoms with Crippen molar-refractivity contribution in [3.63, 3.8) is 0 Å². The molecule has 34 heavy (non-hydrogen) atoms. The molecule has 0 unspecified atom stereocenters.